The zero-order valence-corrected chi connectivity index (χ0v) is 18.0. The lowest BCUT2D eigenvalue weighted by molar-refractivity contribution is -0.129. The van der Waals surface area contributed by atoms with Gasteiger partial charge in [0.1, 0.15) is 17.3 Å². The van der Waals surface area contributed by atoms with Crippen molar-refractivity contribution in [1.82, 2.24) is 14.9 Å². The molecule has 0 bridgehead atoms. The van der Waals surface area contributed by atoms with E-state index < -0.39 is 0 Å². The number of amidine groups is 1. The van der Waals surface area contributed by atoms with Crippen LogP contribution in [0, 0.1) is 23.2 Å². The predicted octanol–water partition coefficient (Wildman–Crippen LogP) is 1.96. The molecular formula is C20H27ClN8O. The molecule has 1 saturated carbocycles. The van der Waals surface area contributed by atoms with E-state index in [0.717, 1.165) is 25.8 Å². The van der Waals surface area contributed by atoms with Crippen molar-refractivity contribution in [2.24, 2.45) is 28.3 Å². The molecule has 1 aliphatic heterocycles. The Kier molecular flexibility index (Phi) is 6.77. The summed E-state index contributed by atoms with van der Waals surface area (Å²) in [6, 6.07) is 2.20. The Balaban J connectivity index is 1.71. The highest BCUT2D eigenvalue weighted by molar-refractivity contribution is 6.32. The summed E-state index contributed by atoms with van der Waals surface area (Å²) in [6.07, 6.45) is 5.98. The number of rotatable bonds is 5. The molecule has 0 spiro atoms. The Hall–Kier alpha value is -2.86. The van der Waals surface area contributed by atoms with E-state index in [1.54, 1.807) is 13.0 Å². The number of carbonyl (C=O) groups excluding carboxylic acids is 1. The lowest BCUT2D eigenvalue weighted by atomic mass is 9.79. The number of hydrogen-bond donors (Lipinski definition) is 2. The maximum Gasteiger partial charge on any atom is 0.236 e. The summed E-state index contributed by atoms with van der Waals surface area (Å²) in [6.45, 7) is 3.19. The average Bonchev–Trinajstić information content (AvgIpc) is 3.12. The summed E-state index contributed by atoms with van der Waals surface area (Å²) in [5.74, 6) is 1.89. The molecule has 1 aliphatic carbocycles. The van der Waals surface area contributed by atoms with Gasteiger partial charge in [0.15, 0.2) is 5.82 Å². The number of hydrogen-bond acceptors (Lipinski definition) is 7. The maximum absolute atomic E-state index is 12.1. The zero-order chi connectivity index (χ0) is 21.8. The van der Waals surface area contributed by atoms with Crippen LogP contribution >= 0.6 is 11.6 Å². The summed E-state index contributed by atoms with van der Waals surface area (Å²) < 4.78 is 0. The van der Waals surface area contributed by atoms with Gasteiger partial charge >= 0.3 is 0 Å². The van der Waals surface area contributed by atoms with Crippen LogP contribution in [0.2, 0.25) is 5.02 Å². The van der Waals surface area contributed by atoms with Crippen LogP contribution in [0.3, 0.4) is 0 Å². The zero-order valence-electron chi connectivity index (χ0n) is 17.3. The monoisotopic (exact) mass is 430 g/mol. The number of anilines is 1. The molecule has 1 amide bonds. The van der Waals surface area contributed by atoms with Crippen molar-refractivity contribution < 1.29 is 4.79 Å². The highest BCUT2D eigenvalue weighted by Gasteiger charge is 2.40. The number of amides is 1. The van der Waals surface area contributed by atoms with Crippen LogP contribution in [0.5, 0.6) is 0 Å². The van der Waals surface area contributed by atoms with Gasteiger partial charge in [-0.2, -0.15) is 10.2 Å². The van der Waals surface area contributed by atoms with Crippen molar-refractivity contribution in [3.8, 4) is 6.07 Å². The van der Waals surface area contributed by atoms with Crippen LogP contribution in [-0.4, -0.2) is 52.8 Å². The fraction of sp³-hybridized carbons (Fsp3) is 0.550. The van der Waals surface area contributed by atoms with Gasteiger partial charge < -0.3 is 21.3 Å². The smallest absolute Gasteiger partial charge is 0.236 e. The van der Waals surface area contributed by atoms with Gasteiger partial charge in [-0.25, -0.2) is 9.98 Å². The second kappa shape index (κ2) is 9.30. The molecule has 1 aromatic heterocycles. The van der Waals surface area contributed by atoms with Gasteiger partial charge in [-0.1, -0.05) is 11.6 Å². The Bertz CT molecular complexity index is 905. The third-order valence-corrected chi connectivity index (χ3v) is 6.06. The van der Waals surface area contributed by atoms with E-state index >= 15 is 0 Å². The molecular weight excluding hydrogens is 404 g/mol. The number of nitriles is 1. The fourth-order valence-corrected chi connectivity index (χ4v) is 4.42. The molecule has 160 valence electrons. The van der Waals surface area contributed by atoms with Crippen LogP contribution in [0.1, 0.15) is 32.6 Å². The van der Waals surface area contributed by atoms with Gasteiger partial charge in [0.25, 0.3) is 0 Å². The van der Waals surface area contributed by atoms with E-state index in [-0.39, 0.29) is 24.2 Å². The summed E-state index contributed by atoms with van der Waals surface area (Å²) in [5.41, 5.74) is 12.0. The molecule has 4 N–H and O–H groups in total. The van der Waals surface area contributed by atoms with E-state index in [0.29, 0.717) is 40.9 Å². The van der Waals surface area contributed by atoms with Crippen molar-refractivity contribution in [1.29, 1.82) is 5.26 Å². The third kappa shape index (κ3) is 5.00. The topological polar surface area (TPSA) is 138 Å². The first kappa shape index (κ1) is 21.8. The molecule has 0 aromatic carbocycles. The lowest BCUT2D eigenvalue weighted by Crippen LogP contribution is -2.39. The average molecular weight is 431 g/mol. The number of aliphatic imine (C=N–C) groups is 1. The number of likely N-dealkylation sites (tertiary alicyclic amines) is 1. The van der Waals surface area contributed by atoms with Gasteiger partial charge in [0.2, 0.25) is 11.9 Å². The minimum absolute atomic E-state index is 0.0489. The Morgan fingerprint density at radius 3 is 2.87 bits per heavy atom. The van der Waals surface area contributed by atoms with E-state index in [2.05, 4.69) is 15.0 Å². The van der Waals surface area contributed by atoms with Gasteiger partial charge in [-0.3, -0.25) is 4.79 Å². The number of halogens is 1. The molecule has 3 atom stereocenters. The molecule has 2 fully saturated rings. The van der Waals surface area contributed by atoms with Crippen LogP contribution in [0.25, 0.3) is 0 Å². The first-order valence-corrected chi connectivity index (χ1v) is 10.3. The highest BCUT2D eigenvalue weighted by Crippen LogP contribution is 2.38. The standard InChI is InChI=1S/C20H27ClN8O/c1-12(23)7-17(24)26-19-16(21)9-25-20(27-19)28(2)15-4-3-13-10-29(11-14(13)8-15)18(30)5-6-22/h7,9,13-15H,3-5,8,10-11,23H2,1-2H3,(H2,24,25,26,27)/b12-7-. The van der Waals surface area contributed by atoms with Crippen LogP contribution in [0.4, 0.5) is 11.8 Å². The summed E-state index contributed by atoms with van der Waals surface area (Å²) >= 11 is 6.19. The molecule has 3 rings (SSSR count). The molecule has 1 aromatic rings. The molecule has 9 nitrogen and oxygen atoms in total. The SMILES string of the molecule is C/C(N)=C/C(N)=Nc1nc(N(C)C2CCC3CN(C(=O)CC#N)CC3C2)ncc1Cl. The number of fused-ring (bicyclic) bond motifs is 1. The fourth-order valence-electron chi connectivity index (χ4n) is 4.29. The predicted molar refractivity (Wildman–Crippen MR) is 116 cm³/mol. The highest BCUT2D eigenvalue weighted by atomic mass is 35.5. The molecule has 0 radical (unpaired) electrons. The Labute approximate surface area is 181 Å². The molecule has 10 heteroatoms. The number of allylic oxidation sites excluding steroid dienone is 1. The molecule has 30 heavy (non-hydrogen) atoms. The summed E-state index contributed by atoms with van der Waals surface area (Å²) in [4.78, 5) is 29.1. The van der Waals surface area contributed by atoms with Crippen LogP contribution in [0.15, 0.2) is 23.0 Å². The van der Waals surface area contributed by atoms with E-state index in [1.165, 1.54) is 6.20 Å². The van der Waals surface area contributed by atoms with Crippen molar-refractivity contribution in [3.05, 3.63) is 23.0 Å². The van der Waals surface area contributed by atoms with Gasteiger partial charge in [0.05, 0.1) is 12.3 Å². The Morgan fingerprint density at radius 2 is 2.17 bits per heavy atom. The minimum atomic E-state index is -0.0697. The molecule has 2 aliphatic rings. The summed E-state index contributed by atoms with van der Waals surface area (Å²) in [7, 11) is 1.96. The first-order valence-electron chi connectivity index (χ1n) is 9.96. The quantitative estimate of drug-likeness (QED) is 0.537. The van der Waals surface area contributed by atoms with Crippen molar-refractivity contribution in [2.75, 3.05) is 25.0 Å². The van der Waals surface area contributed by atoms with Crippen molar-refractivity contribution >= 4 is 35.1 Å². The normalized spacial score (nSPS) is 24.3. The van der Waals surface area contributed by atoms with Gasteiger partial charge in [-0.05, 0) is 44.1 Å². The van der Waals surface area contributed by atoms with Crippen molar-refractivity contribution in [2.45, 2.75) is 38.6 Å². The lowest BCUT2D eigenvalue weighted by Gasteiger charge is -2.36. The van der Waals surface area contributed by atoms with E-state index in [1.807, 2.05) is 22.9 Å². The number of nitrogens with zero attached hydrogens (tertiary/aromatic N) is 6. The second-order valence-corrected chi connectivity index (χ2v) is 8.41. The number of nitrogens with two attached hydrogens (primary N) is 2. The molecule has 3 unspecified atom stereocenters. The van der Waals surface area contributed by atoms with Crippen LogP contribution in [-0.2, 0) is 4.79 Å². The van der Waals surface area contributed by atoms with Gasteiger partial charge in [0, 0.05) is 31.9 Å². The van der Waals surface area contributed by atoms with Gasteiger partial charge in [-0.15, -0.1) is 0 Å². The third-order valence-electron chi connectivity index (χ3n) is 5.79. The van der Waals surface area contributed by atoms with E-state index in [4.69, 9.17) is 28.3 Å². The summed E-state index contributed by atoms with van der Waals surface area (Å²) in [5, 5.41) is 9.09. The minimum Gasteiger partial charge on any atom is -0.402 e. The first-order chi connectivity index (χ1) is 14.3. The number of carbonyl (C=O) groups is 1. The molecule has 1 saturated heterocycles. The number of aromatic nitrogens is 2. The second-order valence-electron chi connectivity index (χ2n) is 8.00. The largest absolute Gasteiger partial charge is 0.402 e. The molecule has 2 heterocycles. The maximum atomic E-state index is 12.1. The van der Waals surface area contributed by atoms with E-state index in [9.17, 15) is 4.79 Å². The van der Waals surface area contributed by atoms with Crippen LogP contribution < -0.4 is 16.4 Å². The van der Waals surface area contributed by atoms with Crippen molar-refractivity contribution in [3.63, 3.8) is 0 Å². The Morgan fingerprint density at radius 1 is 1.43 bits per heavy atom.